The summed E-state index contributed by atoms with van der Waals surface area (Å²) < 4.78 is 4.71. The van der Waals surface area contributed by atoms with Gasteiger partial charge in [0, 0.05) is 36.9 Å². The number of methoxy groups -OCH3 is 1. The third-order valence-electron chi connectivity index (χ3n) is 4.55. The highest BCUT2D eigenvalue weighted by Gasteiger charge is 2.21. The van der Waals surface area contributed by atoms with Gasteiger partial charge in [0.25, 0.3) is 0 Å². The lowest BCUT2D eigenvalue weighted by molar-refractivity contribution is -0.130. The fourth-order valence-corrected chi connectivity index (χ4v) is 3.15. The topological polar surface area (TPSA) is 49.9 Å². The Morgan fingerprint density at radius 2 is 1.58 bits per heavy atom. The van der Waals surface area contributed by atoms with Crippen molar-refractivity contribution in [2.75, 3.05) is 38.2 Å². The second-order valence-corrected chi connectivity index (χ2v) is 6.65. The van der Waals surface area contributed by atoms with Gasteiger partial charge in [-0.1, -0.05) is 23.7 Å². The zero-order valence-corrected chi connectivity index (χ0v) is 15.4. The number of nitrogens with zero attached hydrogens (tertiary/aromatic N) is 2. The van der Waals surface area contributed by atoms with Gasteiger partial charge in [-0.05, 0) is 42.0 Å². The highest BCUT2D eigenvalue weighted by Crippen LogP contribution is 2.18. The van der Waals surface area contributed by atoms with Crippen molar-refractivity contribution in [2.24, 2.45) is 0 Å². The number of amides is 1. The summed E-state index contributed by atoms with van der Waals surface area (Å²) >= 11 is 5.88. The van der Waals surface area contributed by atoms with Crippen molar-refractivity contribution in [2.45, 2.75) is 6.42 Å². The molecule has 0 unspecified atom stereocenters. The van der Waals surface area contributed by atoms with E-state index >= 15 is 0 Å². The van der Waals surface area contributed by atoms with Gasteiger partial charge in [-0.2, -0.15) is 0 Å². The van der Waals surface area contributed by atoms with E-state index in [0.29, 0.717) is 30.1 Å². The van der Waals surface area contributed by atoms with Crippen LogP contribution in [0.25, 0.3) is 0 Å². The maximum atomic E-state index is 12.5. The summed E-state index contributed by atoms with van der Waals surface area (Å²) in [5.74, 6) is -0.206. The number of hydrogen-bond acceptors (Lipinski definition) is 4. The lowest BCUT2D eigenvalue weighted by atomic mass is 10.1. The first-order chi connectivity index (χ1) is 12.6. The molecule has 1 aliphatic heterocycles. The predicted octanol–water partition coefficient (Wildman–Crippen LogP) is 3.02. The second-order valence-electron chi connectivity index (χ2n) is 6.21. The minimum atomic E-state index is -0.339. The van der Waals surface area contributed by atoms with Crippen LogP contribution in [0.5, 0.6) is 0 Å². The molecule has 0 saturated carbocycles. The molecule has 1 fully saturated rings. The normalized spacial score (nSPS) is 14.2. The molecule has 26 heavy (non-hydrogen) atoms. The minimum absolute atomic E-state index is 0.132. The van der Waals surface area contributed by atoms with E-state index in [-0.39, 0.29) is 11.9 Å². The number of rotatable bonds is 4. The van der Waals surface area contributed by atoms with Gasteiger partial charge in [-0.3, -0.25) is 4.79 Å². The third kappa shape index (κ3) is 4.35. The molecule has 1 saturated heterocycles. The van der Waals surface area contributed by atoms with Gasteiger partial charge in [0.15, 0.2) is 0 Å². The molecule has 0 N–H and O–H groups in total. The molecule has 136 valence electrons. The summed E-state index contributed by atoms with van der Waals surface area (Å²) in [5, 5.41) is 0.674. The molecule has 0 aromatic heterocycles. The van der Waals surface area contributed by atoms with Crippen molar-refractivity contribution in [3.63, 3.8) is 0 Å². The second kappa shape index (κ2) is 8.23. The molecule has 3 rings (SSSR count). The molecule has 0 spiro atoms. The van der Waals surface area contributed by atoms with Crippen LogP contribution in [0.2, 0.25) is 5.02 Å². The van der Waals surface area contributed by atoms with Gasteiger partial charge in [0.05, 0.1) is 19.1 Å². The van der Waals surface area contributed by atoms with Crippen LogP contribution in [-0.2, 0) is 16.0 Å². The van der Waals surface area contributed by atoms with Gasteiger partial charge >= 0.3 is 5.97 Å². The minimum Gasteiger partial charge on any atom is -0.465 e. The highest BCUT2D eigenvalue weighted by atomic mass is 35.5. The van der Waals surface area contributed by atoms with Crippen molar-refractivity contribution < 1.29 is 14.3 Å². The predicted molar refractivity (Wildman–Crippen MR) is 102 cm³/mol. The molecule has 0 atom stereocenters. The first-order valence-corrected chi connectivity index (χ1v) is 8.90. The smallest absolute Gasteiger partial charge is 0.337 e. The molecular weight excluding hydrogens is 352 g/mol. The Bertz CT molecular complexity index is 767. The molecule has 1 amide bonds. The van der Waals surface area contributed by atoms with E-state index in [2.05, 4.69) is 4.90 Å². The Morgan fingerprint density at radius 1 is 0.962 bits per heavy atom. The van der Waals surface area contributed by atoms with E-state index in [4.69, 9.17) is 16.3 Å². The molecule has 5 nitrogen and oxygen atoms in total. The van der Waals surface area contributed by atoms with Crippen molar-refractivity contribution in [1.29, 1.82) is 0 Å². The average molecular weight is 373 g/mol. The Hall–Kier alpha value is -2.53. The summed E-state index contributed by atoms with van der Waals surface area (Å²) in [7, 11) is 1.37. The van der Waals surface area contributed by atoms with E-state index in [1.165, 1.54) is 7.11 Å². The standard InChI is InChI=1S/C20H21ClN2O3/c1-26-20(25)16-4-8-18(9-5-16)22-10-12-23(13-11-22)19(24)14-15-2-6-17(21)7-3-15/h2-9H,10-14H2,1H3. The van der Waals surface area contributed by atoms with Gasteiger partial charge in [0.2, 0.25) is 5.91 Å². The molecular formula is C20H21ClN2O3. The van der Waals surface area contributed by atoms with Crippen LogP contribution in [0, 0.1) is 0 Å². The number of benzene rings is 2. The molecule has 2 aromatic carbocycles. The van der Waals surface area contributed by atoms with Crippen LogP contribution >= 0.6 is 11.6 Å². The van der Waals surface area contributed by atoms with E-state index in [0.717, 1.165) is 24.3 Å². The average Bonchev–Trinajstić information content (AvgIpc) is 2.69. The fourth-order valence-electron chi connectivity index (χ4n) is 3.03. The number of ether oxygens (including phenoxy) is 1. The molecule has 1 heterocycles. The lowest BCUT2D eigenvalue weighted by Gasteiger charge is -2.36. The Labute approximate surface area is 158 Å². The van der Waals surface area contributed by atoms with Gasteiger partial charge in [-0.15, -0.1) is 0 Å². The van der Waals surface area contributed by atoms with Crippen LogP contribution in [-0.4, -0.2) is 50.1 Å². The maximum Gasteiger partial charge on any atom is 0.337 e. The number of anilines is 1. The number of halogens is 1. The van der Waals surface area contributed by atoms with Crippen LogP contribution in [0.4, 0.5) is 5.69 Å². The van der Waals surface area contributed by atoms with Gasteiger partial charge in [-0.25, -0.2) is 4.79 Å². The molecule has 6 heteroatoms. The van der Waals surface area contributed by atoms with Gasteiger partial charge in [0.1, 0.15) is 0 Å². The van der Waals surface area contributed by atoms with E-state index in [1.54, 1.807) is 24.3 Å². The molecule has 1 aliphatic rings. The van der Waals surface area contributed by atoms with E-state index in [9.17, 15) is 9.59 Å². The number of hydrogen-bond donors (Lipinski definition) is 0. The maximum absolute atomic E-state index is 12.5. The van der Waals surface area contributed by atoms with Crippen LogP contribution in [0.1, 0.15) is 15.9 Å². The van der Waals surface area contributed by atoms with Crippen LogP contribution in [0.15, 0.2) is 48.5 Å². The highest BCUT2D eigenvalue weighted by molar-refractivity contribution is 6.30. The van der Waals surface area contributed by atoms with E-state index in [1.807, 2.05) is 29.2 Å². The summed E-state index contributed by atoms with van der Waals surface area (Å²) in [5.41, 5.74) is 2.55. The first kappa shape index (κ1) is 18.3. The zero-order valence-electron chi connectivity index (χ0n) is 14.7. The van der Waals surface area contributed by atoms with E-state index < -0.39 is 0 Å². The summed E-state index contributed by atoms with van der Waals surface area (Å²) in [4.78, 5) is 28.1. The van der Waals surface area contributed by atoms with Crippen LogP contribution in [0.3, 0.4) is 0 Å². The van der Waals surface area contributed by atoms with Crippen LogP contribution < -0.4 is 4.90 Å². The van der Waals surface area contributed by atoms with Crippen molar-refractivity contribution in [3.05, 3.63) is 64.7 Å². The van der Waals surface area contributed by atoms with Crippen molar-refractivity contribution >= 4 is 29.2 Å². The summed E-state index contributed by atoms with van der Waals surface area (Å²) in [6, 6.07) is 14.7. The van der Waals surface area contributed by atoms with Gasteiger partial charge < -0.3 is 14.5 Å². The number of piperazine rings is 1. The number of carbonyl (C=O) groups excluding carboxylic acids is 2. The molecule has 2 aromatic rings. The van der Waals surface area contributed by atoms with Crippen molar-refractivity contribution in [3.8, 4) is 0 Å². The molecule has 0 radical (unpaired) electrons. The summed E-state index contributed by atoms with van der Waals surface area (Å²) in [6.07, 6.45) is 0.394. The first-order valence-electron chi connectivity index (χ1n) is 8.52. The lowest BCUT2D eigenvalue weighted by Crippen LogP contribution is -2.49. The number of esters is 1. The number of carbonyl (C=O) groups is 2. The monoisotopic (exact) mass is 372 g/mol. The third-order valence-corrected chi connectivity index (χ3v) is 4.81. The quantitative estimate of drug-likeness (QED) is 0.774. The largest absolute Gasteiger partial charge is 0.465 e. The SMILES string of the molecule is COC(=O)c1ccc(N2CCN(C(=O)Cc3ccc(Cl)cc3)CC2)cc1. The Kier molecular flexibility index (Phi) is 5.78. The van der Waals surface area contributed by atoms with Crippen molar-refractivity contribution in [1.82, 2.24) is 4.90 Å². The summed E-state index contributed by atoms with van der Waals surface area (Å²) in [6.45, 7) is 2.91. The fraction of sp³-hybridized carbons (Fsp3) is 0.300. The zero-order chi connectivity index (χ0) is 18.5. The molecule has 0 bridgehead atoms. The molecule has 0 aliphatic carbocycles. The Morgan fingerprint density at radius 3 is 2.15 bits per heavy atom. The Balaban J connectivity index is 1.54.